The van der Waals surface area contributed by atoms with Crippen LogP contribution in [0.25, 0.3) is 0 Å². The third-order valence-electron chi connectivity index (χ3n) is 10.6. The molecule has 0 aromatic heterocycles. The van der Waals surface area contributed by atoms with Crippen LogP contribution in [0.1, 0.15) is 201 Å². The fourth-order valence-electron chi connectivity index (χ4n) is 6.86. The second-order valence-electron chi connectivity index (χ2n) is 16.6. The lowest BCUT2D eigenvalue weighted by Gasteiger charge is -2.24. The van der Waals surface area contributed by atoms with Crippen LogP contribution in [0.4, 0.5) is 0 Å². The number of aliphatic hydroxyl groups excluding tert-OH is 2. The van der Waals surface area contributed by atoms with Crippen LogP contribution in [0.3, 0.4) is 0 Å². The number of carbonyl (C=O) groups excluding carboxylic acids is 2. The number of nitrogens with one attached hydrogen (secondary N) is 1. The summed E-state index contributed by atoms with van der Waals surface area (Å²) in [7, 11) is 0. The Kier molecular flexibility index (Phi) is 46.4. The van der Waals surface area contributed by atoms with Crippen LogP contribution in [-0.4, -0.2) is 46.9 Å². The first-order chi connectivity index (χ1) is 31.0. The van der Waals surface area contributed by atoms with Crippen molar-refractivity contribution < 1.29 is 24.5 Å². The van der Waals surface area contributed by atoms with Crippen molar-refractivity contribution in [2.75, 3.05) is 6.61 Å². The van der Waals surface area contributed by atoms with Gasteiger partial charge in [0.1, 0.15) is 6.10 Å². The summed E-state index contributed by atoms with van der Waals surface area (Å²) in [5.41, 5.74) is 0. The summed E-state index contributed by atoms with van der Waals surface area (Å²) in [5.74, 6) is -0.628. The zero-order valence-electron chi connectivity index (χ0n) is 40.4. The molecule has 0 radical (unpaired) electrons. The molecule has 0 saturated carbocycles. The van der Waals surface area contributed by atoms with Gasteiger partial charge in [0.05, 0.1) is 25.2 Å². The van der Waals surface area contributed by atoms with Gasteiger partial charge in [-0.2, -0.15) is 0 Å². The molecule has 1 amide bonds. The predicted molar refractivity (Wildman–Crippen MR) is 273 cm³/mol. The van der Waals surface area contributed by atoms with Gasteiger partial charge in [-0.3, -0.25) is 9.59 Å². The van der Waals surface area contributed by atoms with Crippen molar-refractivity contribution in [2.24, 2.45) is 0 Å². The molecule has 0 fully saturated rings. The van der Waals surface area contributed by atoms with E-state index in [1.54, 1.807) is 0 Å². The van der Waals surface area contributed by atoms with Crippen LogP contribution < -0.4 is 5.32 Å². The maximum atomic E-state index is 13.2. The Balaban J connectivity index is 4.84. The smallest absolute Gasteiger partial charge is 0.306 e. The molecule has 0 rings (SSSR count). The van der Waals surface area contributed by atoms with Gasteiger partial charge in [0.25, 0.3) is 0 Å². The number of ether oxygens (including phenoxy) is 1. The van der Waals surface area contributed by atoms with Gasteiger partial charge in [-0.05, 0) is 77.0 Å². The lowest BCUT2D eigenvalue weighted by atomic mass is 10.0. The van der Waals surface area contributed by atoms with Crippen molar-refractivity contribution in [1.82, 2.24) is 5.32 Å². The number of hydrogen-bond acceptors (Lipinski definition) is 5. The fraction of sp³-hybridized carbons (Fsp3) is 0.614. The molecule has 3 unspecified atom stereocenters. The molecule has 0 saturated heterocycles. The van der Waals surface area contributed by atoms with Crippen molar-refractivity contribution in [2.45, 2.75) is 219 Å². The van der Waals surface area contributed by atoms with Crippen LogP contribution in [0, 0.1) is 0 Å². The predicted octanol–water partition coefficient (Wildman–Crippen LogP) is 15.3. The lowest BCUT2D eigenvalue weighted by molar-refractivity contribution is -0.150. The van der Waals surface area contributed by atoms with E-state index in [2.05, 4.69) is 105 Å². The molecule has 0 aromatic carbocycles. The molecule has 356 valence electrons. The first-order valence-corrected chi connectivity index (χ1v) is 25.3. The highest BCUT2D eigenvalue weighted by molar-refractivity contribution is 5.77. The van der Waals surface area contributed by atoms with E-state index < -0.39 is 18.2 Å². The zero-order valence-corrected chi connectivity index (χ0v) is 40.4. The quantitative estimate of drug-likeness (QED) is 0.0245. The molecule has 63 heavy (non-hydrogen) atoms. The van der Waals surface area contributed by atoms with Crippen LogP contribution in [0.2, 0.25) is 0 Å². The molecule has 0 spiro atoms. The number of allylic oxidation sites excluding steroid dienone is 20. The maximum absolute atomic E-state index is 13.2. The molecule has 0 aromatic rings. The number of carbonyl (C=O) groups is 2. The van der Waals surface area contributed by atoms with E-state index in [1.165, 1.54) is 57.8 Å². The van der Waals surface area contributed by atoms with Gasteiger partial charge in [0, 0.05) is 6.42 Å². The van der Waals surface area contributed by atoms with E-state index in [0.717, 1.165) is 89.9 Å². The summed E-state index contributed by atoms with van der Waals surface area (Å²) in [6.07, 6.45) is 68.3. The molecule has 6 nitrogen and oxygen atoms in total. The topological polar surface area (TPSA) is 95.9 Å². The van der Waals surface area contributed by atoms with Crippen LogP contribution in [-0.2, 0) is 14.3 Å². The number of rotatable bonds is 43. The summed E-state index contributed by atoms with van der Waals surface area (Å²) in [6, 6.07) is -0.739. The van der Waals surface area contributed by atoms with Gasteiger partial charge < -0.3 is 20.3 Å². The highest BCUT2D eigenvalue weighted by Crippen LogP contribution is 2.16. The van der Waals surface area contributed by atoms with Gasteiger partial charge in [-0.25, -0.2) is 0 Å². The molecule has 0 aliphatic heterocycles. The summed E-state index contributed by atoms with van der Waals surface area (Å²) < 4.78 is 5.87. The van der Waals surface area contributed by atoms with E-state index in [1.807, 2.05) is 42.5 Å². The summed E-state index contributed by atoms with van der Waals surface area (Å²) >= 11 is 0. The van der Waals surface area contributed by atoms with Gasteiger partial charge in [-0.1, -0.05) is 232 Å². The average Bonchev–Trinajstić information content (AvgIpc) is 3.28. The highest BCUT2D eigenvalue weighted by Gasteiger charge is 2.24. The SMILES string of the molecule is CC/C=C/C/C=C/C/C=C/C/C=C/C/C=C/CCC(=O)OC(CCCCC/C=C/C=C/C=C/C=C/C=C/CCC)CC(=O)NC(CO)C(O)CCCCCCCCCCCCCC. The molecule has 3 atom stereocenters. The molecular formula is C57H93NO5. The minimum Gasteiger partial charge on any atom is -0.462 e. The first kappa shape index (κ1) is 59.3. The third-order valence-corrected chi connectivity index (χ3v) is 10.6. The van der Waals surface area contributed by atoms with Gasteiger partial charge in [-0.15, -0.1) is 0 Å². The van der Waals surface area contributed by atoms with Crippen LogP contribution in [0.15, 0.2) is 122 Å². The molecule has 0 aliphatic rings. The largest absolute Gasteiger partial charge is 0.462 e. The van der Waals surface area contributed by atoms with E-state index in [9.17, 15) is 19.8 Å². The van der Waals surface area contributed by atoms with E-state index in [4.69, 9.17) is 4.74 Å². The summed E-state index contributed by atoms with van der Waals surface area (Å²) in [4.78, 5) is 26.1. The standard InChI is InChI=1S/C57H93NO5/c1-4-7-10-13-16-19-22-25-27-29-31-33-36-39-42-45-48-53(63-57(62)50-47-44-41-38-35-32-30-28-26-23-20-17-14-11-8-5-2)51-56(61)58-54(52-59)55(60)49-46-43-40-37-34-24-21-18-15-12-9-6-3/h8,10-11,13,16-17,19-20,22,25-29,31-33,35,41,44,53-55,59-60H,4-7,9,12,14-15,18,21,23-24,30,34,36-40,42-43,45-52H2,1-3H3,(H,58,61)/b11-8+,13-10+,19-16+,20-17+,25-22+,28-26+,29-27+,33-31+,35-32+,44-41+. The van der Waals surface area contributed by atoms with Crippen molar-refractivity contribution >= 4 is 11.9 Å². The van der Waals surface area contributed by atoms with Crippen molar-refractivity contribution in [3.05, 3.63) is 122 Å². The van der Waals surface area contributed by atoms with Gasteiger partial charge in [0.15, 0.2) is 0 Å². The molecule has 3 N–H and O–H groups in total. The second kappa shape index (κ2) is 49.3. The van der Waals surface area contributed by atoms with Crippen molar-refractivity contribution in [1.29, 1.82) is 0 Å². The van der Waals surface area contributed by atoms with E-state index in [0.29, 0.717) is 19.3 Å². The van der Waals surface area contributed by atoms with Gasteiger partial charge >= 0.3 is 5.97 Å². The first-order valence-electron chi connectivity index (χ1n) is 25.3. The lowest BCUT2D eigenvalue weighted by Crippen LogP contribution is -2.46. The molecule has 0 bridgehead atoms. The van der Waals surface area contributed by atoms with Crippen molar-refractivity contribution in [3.8, 4) is 0 Å². The highest BCUT2D eigenvalue weighted by atomic mass is 16.5. The van der Waals surface area contributed by atoms with E-state index >= 15 is 0 Å². The average molecular weight is 872 g/mol. The maximum Gasteiger partial charge on any atom is 0.306 e. The molecular weight excluding hydrogens is 779 g/mol. The normalized spacial score (nSPS) is 14.3. The fourth-order valence-corrected chi connectivity index (χ4v) is 6.86. The second-order valence-corrected chi connectivity index (χ2v) is 16.6. The number of amides is 1. The summed E-state index contributed by atoms with van der Waals surface area (Å²) in [6.45, 7) is 6.23. The minimum absolute atomic E-state index is 0.0116. The van der Waals surface area contributed by atoms with Crippen molar-refractivity contribution in [3.63, 3.8) is 0 Å². The number of aliphatic hydroxyl groups is 2. The minimum atomic E-state index is -0.819. The Morgan fingerprint density at radius 2 is 0.952 bits per heavy atom. The molecule has 6 heteroatoms. The number of unbranched alkanes of at least 4 members (excludes halogenated alkanes) is 15. The Bertz CT molecular complexity index is 1350. The Morgan fingerprint density at radius 1 is 0.492 bits per heavy atom. The molecule has 0 aliphatic carbocycles. The van der Waals surface area contributed by atoms with Gasteiger partial charge in [0.2, 0.25) is 5.91 Å². The summed E-state index contributed by atoms with van der Waals surface area (Å²) in [5, 5.41) is 23.7. The Morgan fingerprint density at radius 3 is 1.48 bits per heavy atom. The van der Waals surface area contributed by atoms with Crippen LogP contribution in [0.5, 0.6) is 0 Å². The third kappa shape index (κ3) is 44.7. The Hall–Kier alpha value is -3.74. The molecule has 0 heterocycles. The zero-order chi connectivity index (χ0) is 45.9. The Labute approximate surface area is 387 Å². The van der Waals surface area contributed by atoms with Crippen LogP contribution >= 0.6 is 0 Å². The van der Waals surface area contributed by atoms with E-state index in [-0.39, 0.29) is 31.3 Å². The number of hydrogen-bond donors (Lipinski definition) is 3. The number of esters is 1. The monoisotopic (exact) mass is 872 g/mol.